The Morgan fingerprint density at radius 1 is 1.23 bits per heavy atom. The molecule has 8 heteroatoms. The van der Waals surface area contributed by atoms with Gasteiger partial charge in [-0.25, -0.2) is 9.37 Å². The molecule has 0 aliphatic carbocycles. The molecule has 132 valence electrons. The van der Waals surface area contributed by atoms with E-state index in [9.17, 15) is 4.39 Å². The Bertz CT molecular complexity index is 1080. The molecule has 0 bridgehead atoms. The van der Waals surface area contributed by atoms with Crippen LogP contribution in [0.25, 0.3) is 16.8 Å². The molecule has 0 spiro atoms. The van der Waals surface area contributed by atoms with Crippen LogP contribution in [0.5, 0.6) is 11.5 Å². The molecule has 0 unspecified atom stereocenters. The summed E-state index contributed by atoms with van der Waals surface area (Å²) >= 11 is 1.56. The van der Waals surface area contributed by atoms with Crippen LogP contribution in [0.1, 0.15) is 10.7 Å². The fourth-order valence-electron chi connectivity index (χ4n) is 2.64. The van der Waals surface area contributed by atoms with Gasteiger partial charge in [-0.1, -0.05) is 0 Å². The van der Waals surface area contributed by atoms with Gasteiger partial charge < -0.3 is 9.47 Å². The normalized spacial score (nSPS) is 11.0. The molecule has 3 heterocycles. The number of fused-ring (bicyclic) bond motifs is 1. The van der Waals surface area contributed by atoms with E-state index in [0.717, 1.165) is 10.7 Å². The van der Waals surface area contributed by atoms with Crippen LogP contribution in [0.2, 0.25) is 0 Å². The monoisotopic (exact) mass is 370 g/mol. The molecular formula is C18H15FN4O2S. The lowest BCUT2D eigenvalue weighted by atomic mass is 10.1. The molecule has 1 aromatic carbocycles. The first-order chi connectivity index (χ1) is 12.6. The van der Waals surface area contributed by atoms with Crippen LogP contribution in [0.3, 0.4) is 0 Å². The maximum Gasteiger partial charge on any atom is 0.164 e. The quantitative estimate of drug-likeness (QED) is 0.533. The van der Waals surface area contributed by atoms with Gasteiger partial charge in [0.15, 0.2) is 5.65 Å². The highest BCUT2D eigenvalue weighted by Crippen LogP contribution is 2.34. The van der Waals surface area contributed by atoms with Crippen molar-refractivity contribution in [3.05, 3.63) is 58.7 Å². The lowest BCUT2D eigenvalue weighted by Crippen LogP contribution is -2.00. The number of nitrogens with zero attached hydrogens (tertiary/aromatic N) is 4. The molecular weight excluding hydrogens is 355 g/mol. The van der Waals surface area contributed by atoms with E-state index < -0.39 is 5.82 Å². The lowest BCUT2D eigenvalue weighted by Gasteiger charge is -2.13. The second kappa shape index (κ2) is 6.72. The van der Waals surface area contributed by atoms with Gasteiger partial charge in [0.2, 0.25) is 0 Å². The first-order valence-electron chi connectivity index (χ1n) is 7.85. The molecule has 4 rings (SSSR count). The molecule has 0 N–H and O–H groups in total. The second-order valence-corrected chi connectivity index (χ2v) is 6.70. The van der Waals surface area contributed by atoms with Crippen molar-refractivity contribution in [1.29, 1.82) is 0 Å². The maximum absolute atomic E-state index is 14.6. The van der Waals surface area contributed by atoms with Gasteiger partial charge in [-0.05, 0) is 19.1 Å². The van der Waals surface area contributed by atoms with E-state index >= 15 is 0 Å². The summed E-state index contributed by atoms with van der Waals surface area (Å²) in [6.07, 6.45) is 3.32. The van der Waals surface area contributed by atoms with Crippen molar-refractivity contribution in [3.63, 3.8) is 0 Å². The third kappa shape index (κ3) is 3.11. The number of hydrogen-bond donors (Lipinski definition) is 0. The summed E-state index contributed by atoms with van der Waals surface area (Å²) in [5, 5.41) is 10.8. The third-order valence-corrected chi connectivity index (χ3v) is 4.73. The zero-order valence-electron chi connectivity index (χ0n) is 14.1. The molecule has 0 aliphatic rings. The smallest absolute Gasteiger partial charge is 0.164 e. The van der Waals surface area contributed by atoms with E-state index in [1.54, 1.807) is 46.5 Å². The van der Waals surface area contributed by atoms with Crippen LogP contribution < -0.4 is 9.47 Å². The van der Waals surface area contributed by atoms with Crippen molar-refractivity contribution in [2.24, 2.45) is 0 Å². The molecule has 4 aromatic rings. The number of hydrogen-bond acceptors (Lipinski definition) is 6. The highest BCUT2D eigenvalue weighted by Gasteiger charge is 2.15. The zero-order valence-corrected chi connectivity index (χ0v) is 15.0. The van der Waals surface area contributed by atoms with Crippen LogP contribution in [0, 0.1) is 12.7 Å². The predicted octanol–water partition coefficient (Wildman–Crippen LogP) is 3.89. The third-order valence-electron chi connectivity index (χ3n) is 3.90. The van der Waals surface area contributed by atoms with Crippen LogP contribution in [-0.4, -0.2) is 26.7 Å². The number of pyridine rings is 1. The number of methoxy groups -OCH3 is 1. The van der Waals surface area contributed by atoms with Crippen molar-refractivity contribution in [1.82, 2.24) is 19.6 Å². The van der Waals surface area contributed by atoms with Gasteiger partial charge in [0.1, 0.15) is 30.3 Å². The van der Waals surface area contributed by atoms with Gasteiger partial charge >= 0.3 is 0 Å². The van der Waals surface area contributed by atoms with E-state index in [4.69, 9.17) is 9.47 Å². The van der Waals surface area contributed by atoms with Crippen LogP contribution in [0.15, 0.2) is 42.2 Å². The minimum atomic E-state index is -0.397. The maximum atomic E-state index is 14.6. The molecule has 3 aromatic heterocycles. The number of ether oxygens (including phenoxy) is 2. The number of rotatable bonds is 5. The number of halogens is 1. The molecule has 0 amide bonds. The topological polar surface area (TPSA) is 61.5 Å². The fourth-order valence-corrected chi connectivity index (χ4v) is 3.24. The average Bonchev–Trinajstić information content (AvgIpc) is 3.27. The second-order valence-electron chi connectivity index (χ2n) is 5.64. The van der Waals surface area contributed by atoms with Crippen molar-refractivity contribution in [2.45, 2.75) is 13.5 Å². The average molecular weight is 370 g/mol. The van der Waals surface area contributed by atoms with E-state index in [1.165, 1.54) is 13.2 Å². The van der Waals surface area contributed by atoms with E-state index in [2.05, 4.69) is 15.2 Å². The molecule has 0 saturated carbocycles. The zero-order chi connectivity index (χ0) is 18.1. The van der Waals surface area contributed by atoms with Gasteiger partial charge in [0.05, 0.1) is 17.8 Å². The first kappa shape index (κ1) is 16.5. The summed E-state index contributed by atoms with van der Waals surface area (Å²) in [5.41, 5.74) is 2.46. The Morgan fingerprint density at radius 2 is 2.12 bits per heavy atom. The van der Waals surface area contributed by atoms with Gasteiger partial charge in [-0.3, -0.25) is 4.40 Å². The van der Waals surface area contributed by atoms with Crippen molar-refractivity contribution in [2.75, 3.05) is 7.11 Å². The van der Waals surface area contributed by atoms with Crippen LogP contribution in [-0.2, 0) is 6.61 Å². The van der Waals surface area contributed by atoms with E-state index in [-0.39, 0.29) is 0 Å². The summed E-state index contributed by atoms with van der Waals surface area (Å²) in [6.45, 7) is 2.23. The summed E-state index contributed by atoms with van der Waals surface area (Å²) in [5.74, 6) is 0.573. The minimum absolute atomic E-state index is 0.291. The Kier molecular flexibility index (Phi) is 4.26. The molecule has 0 radical (unpaired) electrons. The van der Waals surface area contributed by atoms with Crippen LogP contribution >= 0.6 is 11.3 Å². The van der Waals surface area contributed by atoms with Gasteiger partial charge in [0.25, 0.3) is 0 Å². The molecule has 0 atom stereocenters. The van der Waals surface area contributed by atoms with E-state index in [0.29, 0.717) is 34.9 Å². The Labute approximate surface area is 152 Å². The molecule has 0 aliphatic heterocycles. The summed E-state index contributed by atoms with van der Waals surface area (Å²) in [6, 6.07) is 6.46. The van der Waals surface area contributed by atoms with Crippen molar-refractivity contribution >= 4 is 17.0 Å². The summed E-state index contributed by atoms with van der Waals surface area (Å²) in [4.78, 5) is 4.39. The van der Waals surface area contributed by atoms with E-state index in [1.807, 2.05) is 12.3 Å². The number of thiazole rings is 1. The Morgan fingerprint density at radius 3 is 2.85 bits per heavy atom. The van der Waals surface area contributed by atoms with Crippen LogP contribution in [0.4, 0.5) is 4.39 Å². The molecule has 26 heavy (non-hydrogen) atoms. The van der Waals surface area contributed by atoms with Crippen molar-refractivity contribution < 1.29 is 13.9 Å². The molecule has 6 nitrogen and oxygen atoms in total. The minimum Gasteiger partial charge on any atom is -0.497 e. The van der Waals surface area contributed by atoms with Gasteiger partial charge in [-0.2, -0.15) is 0 Å². The Balaban J connectivity index is 1.76. The standard InChI is InChI=1S/C18H15FN4O2S/c1-11-21-12(9-26-11)8-25-17-6-18-22-20-10-23(18)7-15(17)14-4-3-13(24-2)5-16(14)19/h3-7,9-10H,8H2,1-2H3. The van der Waals surface area contributed by atoms with Gasteiger partial charge in [0, 0.05) is 34.8 Å². The summed E-state index contributed by atoms with van der Waals surface area (Å²) < 4.78 is 27.4. The summed E-state index contributed by atoms with van der Waals surface area (Å²) in [7, 11) is 1.50. The number of aryl methyl sites for hydroxylation is 1. The molecule has 0 fully saturated rings. The number of benzene rings is 1. The fraction of sp³-hybridized carbons (Fsp3) is 0.167. The number of aromatic nitrogens is 4. The highest BCUT2D eigenvalue weighted by atomic mass is 32.1. The first-order valence-corrected chi connectivity index (χ1v) is 8.73. The van der Waals surface area contributed by atoms with Gasteiger partial charge in [-0.15, -0.1) is 21.5 Å². The highest BCUT2D eigenvalue weighted by molar-refractivity contribution is 7.09. The SMILES string of the molecule is COc1ccc(-c2cn3cnnc3cc2OCc2csc(C)n2)c(F)c1. The lowest BCUT2D eigenvalue weighted by molar-refractivity contribution is 0.303. The largest absolute Gasteiger partial charge is 0.497 e. The van der Waals surface area contributed by atoms with Crippen molar-refractivity contribution in [3.8, 4) is 22.6 Å². The molecule has 0 saturated heterocycles. The predicted molar refractivity (Wildman–Crippen MR) is 96.1 cm³/mol. The Hall–Kier alpha value is -3.00.